The largest absolute Gasteiger partial charge is 0.377 e. The molecule has 1 amide bonds. The number of amides is 1. The van der Waals surface area contributed by atoms with Crippen LogP contribution in [0.2, 0.25) is 0 Å². The van der Waals surface area contributed by atoms with Crippen molar-refractivity contribution in [2.75, 3.05) is 24.6 Å². The molecular formula is C14H17N3O2S. The average molecular weight is 291 g/mol. The molecule has 0 spiro atoms. The van der Waals surface area contributed by atoms with Crippen LogP contribution in [-0.4, -0.2) is 36.1 Å². The van der Waals surface area contributed by atoms with Crippen LogP contribution in [-0.2, 0) is 4.74 Å². The number of anilines is 1. The minimum absolute atomic E-state index is 0.318. The third-order valence-corrected chi connectivity index (χ3v) is 4.41. The van der Waals surface area contributed by atoms with E-state index in [1.807, 2.05) is 19.1 Å². The molecule has 106 valence electrons. The standard InChI is InChI=1S/C14H17N3O2S/c1-2-19-10-5-6-17(8-10)9-3-4-11-12(7-9)20-16-13(11)14(15)18/h3-4,7,10H,2,5-6,8H2,1H3,(H2,15,18). The Kier molecular flexibility index (Phi) is 3.58. The van der Waals surface area contributed by atoms with Crippen LogP contribution in [0.1, 0.15) is 23.8 Å². The summed E-state index contributed by atoms with van der Waals surface area (Å²) in [6.07, 6.45) is 1.37. The number of carbonyl (C=O) groups excluding carboxylic acids is 1. The molecule has 3 rings (SSSR count). The number of nitrogens with two attached hydrogens (primary N) is 1. The number of hydrogen-bond acceptors (Lipinski definition) is 5. The first-order valence-corrected chi connectivity index (χ1v) is 7.52. The van der Waals surface area contributed by atoms with Gasteiger partial charge in [-0.25, -0.2) is 0 Å². The number of aromatic nitrogens is 1. The van der Waals surface area contributed by atoms with Crippen molar-refractivity contribution in [2.24, 2.45) is 5.73 Å². The minimum atomic E-state index is -0.471. The van der Waals surface area contributed by atoms with Crippen LogP contribution in [0.25, 0.3) is 10.1 Å². The lowest BCUT2D eigenvalue weighted by Gasteiger charge is -2.18. The van der Waals surface area contributed by atoms with Crippen LogP contribution >= 0.6 is 11.5 Å². The van der Waals surface area contributed by atoms with E-state index in [9.17, 15) is 4.79 Å². The SMILES string of the molecule is CCOC1CCN(c2ccc3c(C(N)=O)nsc3c2)C1. The highest BCUT2D eigenvalue weighted by molar-refractivity contribution is 7.13. The summed E-state index contributed by atoms with van der Waals surface area (Å²) in [4.78, 5) is 13.6. The highest BCUT2D eigenvalue weighted by atomic mass is 32.1. The van der Waals surface area contributed by atoms with E-state index >= 15 is 0 Å². The maximum atomic E-state index is 11.3. The van der Waals surface area contributed by atoms with Gasteiger partial charge in [0.1, 0.15) is 5.69 Å². The van der Waals surface area contributed by atoms with E-state index in [0.29, 0.717) is 11.8 Å². The summed E-state index contributed by atoms with van der Waals surface area (Å²) in [5.41, 5.74) is 6.83. The van der Waals surface area contributed by atoms with E-state index in [2.05, 4.69) is 15.3 Å². The molecule has 5 nitrogen and oxygen atoms in total. The Morgan fingerprint density at radius 3 is 3.20 bits per heavy atom. The summed E-state index contributed by atoms with van der Waals surface area (Å²) in [6.45, 7) is 4.70. The van der Waals surface area contributed by atoms with Gasteiger partial charge in [-0.2, -0.15) is 4.37 Å². The molecule has 1 saturated heterocycles. The first-order valence-electron chi connectivity index (χ1n) is 6.75. The van der Waals surface area contributed by atoms with Crippen LogP contribution in [0.5, 0.6) is 0 Å². The fourth-order valence-electron chi connectivity index (χ4n) is 2.64. The van der Waals surface area contributed by atoms with Crippen molar-refractivity contribution in [3.8, 4) is 0 Å². The smallest absolute Gasteiger partial charge is 0.269 e. The van der Waals surface area contributed by atoms with Gasteiger partial charge in [-0.15, -0.1) is 0 Å². The summed E-state index contributed by atoms with van der Waals surface area (Å²) >= 11 is 1.32. The van der Waals surface area contributed by atoms with Crippen molar-refractivity contribution in [1.82, 2.24) is 4.37 Å². The summed E-state index contributed by atoms with van der Waals surface area (Å²) in [6, 6.07) is 6.04. The van der Waals surface area contributed by atoms with Crippen molar-refractivity contribution in [1.29, 1.82) is 0 Å². The van der Waals surface area contributed by atoms with E-state index < -0.39 is 5.91 Å². The normalized spacial score (nSPS) is 18.9. The molecule has 1 aromatic carbocycles. The third kappa shape index (κ3) is 2.36. The van der Waals surface area contributed by atoms with Gasteiger partial charge in [0.25, 0.3) is 5.91 Å². The molecule has 20 heavy (non-hydrogen) atoms. The Hall–Kier alpha value is -1.66. The van der Waals surface area contributed by atoms with E-state index in [1.54, 1.807) is 0 Å². The van der Waals surface area contributed by atoms with E-state index in [0.717, 1.165) is 41.9 Å². The molecule has 1 aliphatic heterocycles. The summed E-state index contributed by atoms with van der Waals surface area (Å²) in [5, 5.41) is 0.840. The molecule has 0 saturated carbocycles. The zero-order valence-electron chi connectivity index (χ0n) is 11.3. The number of hydrogen-bond donors (Lipinski definition) is 1. The van der Waals surface area contributed by atoms with Crippen LogP contribution < -0.4 is 10.6 Å². The monoisotopic (exact) mass is 291 g/mol. The van der Waals surface area contributed by atoms with Gasteiger partial charge < -0.3 is 15.4 Å². The topological polar surface area (TPSA) is 68.5 Å². The number of ether oxygens (including phenoxy) is 1. The fourth-order valence-corrected chi connectivity index (χ4v) is 3.45. The van der Waals surface area contributed by atoms with Crippen molar-refractivity contribution in [2.45, 2.75) is 19.4 Å². The zero-order chi connectivity index (χ0) is 14.1. The molecule has 2 N–H and O–H groups in total. The lowest BCUT2D eigenvalue weighted by Crippen LogP contribution is -2.22. The predicted octanol–water partition coefficient (Wildman–Crippen LogP) is 2.01. The lowest BCUT2D eigenvalue weighted by molar-refractivity contribution is 0.0787. The maximum Gasteiger partial charge on any atom is 0.269 e. The lowest BCUT2D eigenvalue weighted by atomic mass is 10.2. The van der Waals surface area contributed by atoms with Crippen molar-refractivity contribution in [3.63, 3.8) is 0 Å². The fraction of sp³-hybridized carbons (Fsp3) is 0.429. The van der Waals surface area contributed by atoms with E-state index in [4.69, 9.17) is 10.5 Å². The van der Waals surface area contributed by atoms with Crippen molar-refractivity contribution in [3.05, 3.63) is 23.9 Å². The molecule has 1 aliphatic rings. The second kappa shape index (κ2) is 5.38. The predicted molar refractivity (Wildman–Crippen MR) is 80.4 cm³/mol. The number of nitrogens with zero attached hydrogens (tertiary/aromatic N) is 2. The van der Waals surface area contributed by atoms with Crippen LogP contribution in [0.15, 0.2) is 18.2 Å². The molecule has 6 heteroatoms. The van der Waals surface area contributed by atoms with Crippen LogP contribution in [0.4, 0.5) is 5.69 Å². The van der Waals surface area contributed by atoms with Crippen LogP contribution in [0, 0.1) is 0 Å². The molecular weight excluding hydrogens is 274 g/mol. The second-order valence-electron chi connectivity index (χ2n) is 4.89. The summed E-state index contributed by atoms with van der Waals surface area (Å²) in [7, 11) is 0. The van der Waals surface area contributed by atoms with E-state index in [-0.39, 0.29) is 0 Å². The third-order valence-electron chi connectivity index (χ3n) is 3.60. The number of carbonyl (C=O) groups is 1. The molecule has 2 aromatic rings. The molecule has 0 aliphatic carbocycles. The molecule has 1 aromatic heterocycles. The van der Waals surface area contributed by atoms with Gasteiger partial charge in [-0.1, -0.05) is 0 Å². The number of benzene rings is 1. The van der Waals surface area contributed by atoms with Gasteiger partial charge in [0, 0.05) is 30.8 Å². The Morgan fingerprint density at radius 1 is 1.60 bits per heavy atom. The molecule has 1 atom stereocenters. The number of rotatable bonds is 4. The highest BCUT2D eigenvalue weighted by Gasteiger charge is 2.23. The molecule has 2 heterocycles. The molecule has 1 fully saturated rings. The molecule has 0 radical (unpaired) electrons. The van der Waals surface area contributed by atoms with Gasteiger partial charge in [-0.3, -0.25) is 4.79 Å². The Balaban J connectivity index is 1.85. The highest BCUT2D eigenvalue weighted by Crippen LogP contribution is 2.29. The van der Waals surface area contributed by atoms with Gasteiger partial charge in [0.15, 0.2) is 0 Å². The summed E-state index contributed by atoms with van der Waals surface area (Å²) in [5.74, 6) is -0.471. The maximum absolute atomic E-state index is 11.3. The minimum Gasteiger partial charge on any atom is -0.377 e. The number of primary amides is 1. The van der Waals surface area contributed by atoms with Gasteiger partial charge in [-0.05, 0) is 43.1 Å². The zero-order valence-corrected chi connectivity index (χ0v) is 12.2. The first-order chi connectivity index (χ1) is 9.69. The molecule has 0 bridgehead atoms. The van der Waals surface area contributed by atoms with Crippen molar-refractivity contribution < 1.29 is 9.53 Å². The Labute approximate surface area is 121 Å². The quantitative estimate of drug-likeness (QED) is 0.935. The van der Waals surface area contributed by atoms with Gasteiger partial charge >= 0.3 is 0 Å². The van der Waals surface area contributed by atoms with E-state index in [1.165, 1.54) is 11.5 Å². The number of fused-ring (bicyclic) bond motifs is 1. The van der Waals surface area contributed by atoms with Crippen molar-refractivity contribution >= 4 is 33.2 Å². The Bertz CT molecular complexity index is 640. The summed E-state index contributed by atoms with van der Waals surface area (Å²) < 4.78 is 10.8. The average Bonchev–Trinajstić information content (AvgIpc) is 3.04. The molecule has 1 unspecified atom stereocenters. The van der Waals surface area contributed by atoms with Crippen LogP contribution in [0.3, 0.4) is 0 Å². The first kappa shape index (κ1) is 13.3. The second-order valence-corrected chi connectivity index (χ2v) is 5.69. The Morgan fingerprint density at radius 2 is 2.45 bits per heavy atom. The van der Waals surface area contributed by atoms with Gasteiger partial charge in [0.05, 0.1) is 10.8 Å². The van der Waals surface area contributed by atoms with Gasteiger partial charge in [0.2, 0.25) is 0 Å².